The minimum atomic E-state index is -4.56. The van der Waals surface area contributed by atoms with Gasteiger partial charge in [0.1, 0.15) is 18.1 Å². The summed E-state index contributed by atoms with van der Waals surface area (Å²) in [6, 6.07) is 10.0. The van der Waals surface area contributed by atoms with E-state index in [1.54, 1.807) is 4.90 Å². The van der Waals surface area contributed by atoms with Crippen LogP contribution < -0.4 is 10.1 Å². The third kappa shape index (κ3) is 5.82. The molecular formula is C27H32F3N3O3. The molecule has 194 valence electrons. The van der Waals surface area contributed by atoms with Crippen molar-refractivity contribution in [3.63, 3.8) is 0 Å². The number of halogens is 3. The molecule has 0 aliphatic carbocycles. The number of aromatic nitrogens is 1. The maximum atomic E-state index is 13.3. The SMILES string of the molecule is Cc1nc(C(F)(F)F)ccc1C(=O)N1CCC2(CCCCCc3ccccc3OCCNC2=O)CC1. The highest BCUT2D eigenvalue weighted by Crippen LogP contribution is 2.38. The Balaban J connectivity index is 1.41. The van der Waals surface area contributed by atoms with Crippen molar-refractivity contribution in [3.05, 3.63) is 58.9 Å². The van der Waals surface area contributed by atoms with Crippen molar-refractivity contribution in [1.82, 2.24) is 15.2 Å². The molecule has 4 rings (SSSR count). The molecule has 1 saturated heterocycles. The first-order chi connectivity index (χ1) is 17.2. The molecule has 1 aromatic carbocycles. The molecule has 1 N–H and O–H groups in total. The van der Waals surface area contributed by atoms with Crippen molar-refractivity contribution in [2.24, 2.45) is 5.41 Å². The molecule has 2 amide bonds. The van der Waals surface area contributed by atoms with Gasteiger partial charge in [-0.25, -0.2) is 4.98 Å². The fraction of sp³-hybridized carbons (Fsp3) is 0.519. The number of piperidine rings is 1. The smallest absolute Gasteiger partial charge is 0.433 e. The molecule has 2 aromatic rings. The third-order valence-electron chi connectivity index (χ3n) is 7.32. The van der Waals surface area contributed by atoms with E-state index >= 15 is 0 Å². The summed E-state index contributed by atoms with van der Waals surface area (Å²) >= 11 is 0. The van der Waals surface area contributed by atoms with Crippen LogP contribution in [0.5, 0.6) is 5.75 Å². The number of carbonyl (C=O) groups excluding carboxylic acids is 2. The van der Waals surface area contributed by atoms with E-state index in [0.717, 1.165) is 43.9 Å². The Morgan fingerprint density at radius 3 is 2.53 bits per heavy atom. The van der Waals surface area contributed by atoms with Crippen LogP contribution in [-0.4, -0.2) is 47.9 Å². The van der Waals surface area contributed by atoms with Gasteiger partial charge in [-0.1, -0.05) is 31.0 Å². The van der Waals surface area contributed by atoms with Crippen LogP contribution in [0.1, 0.15) is 65.8 Å². The second-order valence-electron chi connectivity index (χ2n) is 9.67. The van der Waals surface area contributed by atoms with Crippen molar-refractivity contribution in [2.75, 3.05) is 26.2 Å². The van der Waals surface area contributed by atoms with Gasteiger partial charge in [-0.05, 0) is 62.8 Å². The molecule has 0 atom stereocenters. The molecule has 1 fully saturated rings. The average molecular weight is 504 g/mol. The third-order valence-corrected chi connectivity index (χ3v) is 7.32. The average Bonchev–Trinajstić information content (AvgIpc) is 2.87. The van der Waals surface area contributed by atoms with Crippen molar-refractivity contribution in [3.8, 4) is 5.75 Å². The van der Waals surface area contributed by atoms with Gasteiger partial charge in [0.05, 0.1) is 23.2 Å². The van der Waals surface area contributed by atoms with Gasteiger partial charge in [-0.3, -0.25) is 9.59 Å². The van der Waals surface area contributed by atoms with Gasteiger partial charge < -0.3 is 15.0 Å². The molecule has 1 aromatic heterocycles. The van der Waals surface area contributed by atoms with E-state index in [1.807, 2.05) is 18.2 Å². The number of ether oxygens (including phenoxy) is 1. The van der Waals surface area contributed by atoms with Crippen LogP contribution in [0.2, 0.25) is 0 Å². The van der Waals surface area contributed by atoms with Gasteiger partial charge in [0, 0.05) is 13.1 Å². The van der Waals surface area contributed by atoms with Gasteiger partial charge >= 0.3 is 6.18 Å². The van der Waals surface area contributed by atoms with Crippen molar-refractivity contribution < 1.29 is 27.5 Å². The molecule has 3 heterocycles. The zero-order chi connectivity index (χ0) is 25.8. The minimum Gasteiger partial charge on any atom is -0.491 e. The molecule has 1 spiro atoms. The predicted molar refractivity (Wildman–Crippen MR) is 129 cm³/mol. The number of nitrogens with zero attached hydrogens (tertiary/aromatic N) is 2. The number of alkyl halides is 3. The largest absolute Gasteiger partial charge is 0.491 e. The summed E-state index contributed by atoms with van der Waals surface area (Å²) in [5, 5.41) is 3.03. The maximum Gasteiger partial charge on any atom is 0.433 e. The number of fused-ring (bicyclic) bond motifs is 1. The first kappa shape index (κ1) is 26.0. The zero-order valence-corrected chi connectivity index (χ0v) is 20.5. The number of hydrogen-bond donors (Lipinski definition) is 1. The van der Waals surface area contributed by atoms with Crippen LogP contribution >= 0.6 is 0 Å². The summed E-state index contributed by atoms with van der Waals surface area (Å²) in [5.41, 5.74) is -0.184. The number of amides is 2. The first-order valence-corrected chi connectivity index (χ1v) is 12.5. The van der Waals surface area contributed by atoms with Crippen LogP contribution in [-0.2, 0) is 17.4 Å². The lowest BCUT2D eigenvalue weighted by molar-refractivity contribution is -0.141. The number of para-hydroxylation sites is 1. The number of carbonyl (C=O) groups is 2. The summed E-state index contributed by atoms with van der Waals surface area (Å²) in [6.07, 6.45) is 1.03. The Labute approximate surface area is 209 Å². The molecule has 2 aliphatic rings. The van der Waals surface area contributed by atoms with Crippen molar-refractivity contribution in [2.45, 2.75) is 58.0 Å². The second kappa shape index (κ2) is 10.9. The Morgan fingerprint density at radius 2 is 1.81 bits per heavy atom. The Kier molecular flexibility index (Phi) is 7.85. The molecule has 0 radical (unpaired) electrons. The number of aryl methyl sites for hydroxylation is 2. The number of benzene rings is 1. The van der Waals surface area contributed by atoms with E-state index < -0.39 is 17.3 Å². The molecule has 9 heteroatoms. The standard InChI is InChI=1S/C27H32F3N3O3/c1-19-21(10-11-23(32-19)27(28,29)30)24(34)33-16-13-26(14-17-33)12-6-2-3-7-20-8-4-5-9-22(20)36-18-15-31-25(26)35/h4-5,8-11H,2-3,6-7,12-18H2,1H3,(H,31,35). The van der Waals surface area contributed by atoms with E-state index in [9.17, 15) is 22.8 Å². The van der Waals surface area contributed by atoms with E-state index in [4.69, 9.17) is 4.74 Å². The molecule has 0 unspecified atom stereocenters. The van der Waals surface area contributed by atoms with Crippen molar-refractivity contribution in [1.29, 1.82) is 0 Å². The molecule has 36 heavy (non-hydrogen) atoms. The number of likely N-dealkylation sites (tertiary alicyclic amines) is 1. The highest BCUT2D eigenvalue weighted by Gasteiger charge is 2.42. The quantitative estimate of drug-likeness (QED) is 0.598. The molecule has 6 nitrogen and oxygen atoms in total. The lowest BCUT2D eigenvalue weighted by Crippen LogP contribution is -2.50. The maximum absolute atomic E-state index is 13.3. The van der Waals surface area contributed by atoms with E-state index in [2.05, 4.69) is 16.4 Å². The predicted octanol–water partition coefficient (Wildman–Crippen LogP) is 4.94. The van der Waals surface area contributed by atoms with E-state index in [0.29, 0.717) is 39.1 Å². The van der Waals surface area contributed by atoms with Gasteiger partial charge in [-0.2, -0.15) is 13.2 Å². The van der Waals surface area contributed by atoms with Crippen LogP contribution in [0.25, 0.3) is 0 Å². The van der Waals surface area contributed by atoms with E-state index in [-0.39, 0.29) is 23.1 Å². The second-order valence-corrected chi connectivity index (χ2v) is 9.67. The summed E-state index contributed by atoms with van der Waals surface area (Å²) in [6.45, 7) is 2.93. The number of nitrogens with one attached hydrogen (secondary N) is 1. The lowest BCUT2D eigenvalue weighted by atomic mass is 9.73. The van der Waals surface area contributed by atoms with Gasteiger partial charge in [0.15, 0.2) is 0 Å². The Morgan fingerprint density at radius 1 is 1.06 bits per heavy atom. The Hall–Kier alpha value is -3.10. The van der Waals surface area contributed by atoms with E-state index in [1.165, 1.54) is 18.6 Å². The molecule has 2 aliphatic heterocycles. The summed E-state index contributed by atoms with van der Waals surface area (Å²) in [7, 11) is 0. The Bertz CT molecular complexity index is 1100. The highest BCUT2D eigenvalue weighted by molar-refractivity contribution is 5.95. The van der Waals surface area contributed by atoms with Crippen LogP contribution in [0, 0.1) is 12.3 Å². The van der Waals surface area contributed by atoms with Crippen LogP contribution in [0.15, 0.2) is 36.4 Å². The van der Waals surface area contributed by atoms with Gasteiger partial charge in [0.2, 0.25) is 5.91 Å². The minimum absolute atomic E-state index is 0.0156. The van der Waals surface area contributed by atoms with Gasteiger partial charge in [-0.15, -0.1) is 0 Å². The normalized spacial score (nSPS) is 19.2. The summed E-state index contributed by atoms with van der Waals surface area (Å²) in [4.78, 5) is 31.6. The monoisotopic (exact) mass is 503 g/mol. The topological polar surface area (TPSA) is 71.5 Å². The van der Waals surface area contributed by atoms with Crippen molar-refractivity contribution >= 4 is 11.8 Å². The summed E-state index contributed by atoms with van der Waals surface area (Å²) in [5.74, 6) is 0.499. The molecule has 0 saturated carbocycles. The highest BCUT2D eigenvalue weighted by atomic mass is 19.4. The fourth-order valence-corrected chi connectivity index (χ4v) is 5.16. The number of hydrogen-bond acceptors (Lipinski definition) is 4. The zero-order valence-electron chi connectivity index (χ0n) is 20.5. The van der Waals surface area contributed by atoms with Crippen LogP contribution in [0.3, 0.4) is 0 Å². The summed E-state index contributed by atoms with van der Waals surface area (Å²) < 4.78 is 44.8. The first-order valence-electron chi connectivity index (χ1n) is 12.5. The molecule has 0 bridgehead atoms. The van der Waals surface area contributed by atoms with Crippen LogP contribution in [0.4, 0.5) is 13.2 Å². The number of rotatable bonds is 1. The molecular weight excluding hydrogens is 471 g/mol. The number of pyridine rings is 1. The van der Waals surface area contributed by atoms with Gasteiger partial charge in [0.25, 0.3) is 5.91 Å². The lowest BCUT2D eigenvalue weighted by Gasteiger charge is -2.41. The fourth-order valence-electron chi connectivity index (χ4n) is 5.16.